The Labute approximate surface area is 103 Å². The number of rotatable bonds is 3. The Morgan fingerprint density at radius 3 is 2.88 bits per heavy atom. The second-order valence-electron chi connectivity index (χ2n) is 6.45. The quantitative estimate of drug-likeness (QED) is 0.757. The van der Waals surface area contributed by atoms with Gasteiger partial charge < -0.3 is 19.9 Å². The van der Waals surface area contributed by atoms with Gasteiger partial charge >= 0.3 is 0 Å². The molecule has 2 aliphatic heterocycles. The van der Waals surface area contributed by atoms with Crippen molar-refractivity contribution in [2.24, 2.45) is 11.3 Å². The highest BCUT2D eigenvalue weighted by atomic mass is 16.5. The van der Waals surface area contributed by atoms with Crippen molar-refractivity contribution in [3.63, 3.8) is 0 Å². The molecule has 1 aliphatic carbocycles. The Morgan fingerprint density at radius 2 is 2.18 bits per heavy atom. The molecule has 0 aromatic carbocycles. The zero-order valence-corrected chi connectivity index (χ0v) is 10.7. The topological polar surface area (TPSA) is 50.7 Å². The summed E-state index contributed by atoms with van der Waals surface area (Å²) in [6.45, 7) is 7.20. The Bertz CT molecular complexity index is 299. The number of ether oxygens (including phenoxy) is 2. The normalized spacial score (nSPS) is 47.8. The molecule has 98 valence electrons. The lowest BCUT2D eigenvalue weighted by molar-refractivity contribution is -0.117. The van der Waals surface area contributed by atoms with Crippen molar-refractivity contribution in [1.82, 2.24) is 5.32 Å². The summed E-state index contributed by atoms with van der Waals surface area (Å²) in [7, 11) is 0. The first-order valence-corrected chi connectivity index (χ1v) is 6.68. The van der Waals surface area contributed by atoms with E-state index in [-0.39, 0.29) is 5.41 Å². The molecule has 1 saturated carbocycles. The smallest absolute Gasteiger partial charge is 0.102 e. The number of aliphatic hydroxyl groups is 1. The van der Waals surface area contributed by atoms with Crippen LogP contribution in [0.15, 0.2) is 0 Å². The summed E-state index contributed by atoms with van der Waals surface area (Å²) >= 11 is 0. The number of hydrogen-bond acceptors (Lipinski definition) is 4. The lowest BCUT2D eigenvalue weighted by atomic mass is 9.57. The van der Waals surface area contributed by atoms with Gasteiger partial charge in [-0.2, -0.15) is 0 Å². The van der Waals surface area contributed by atoms with Crippen LogP contribution < -0.4 is 5.32 Å². The van der Waals surface area contributed by atoms with Crippen molar-refractivity contribution in [3.05, 3.63) is 0 Å². The molecule has 4 unspecified atom stereocenters. The monoisotopic (exact) mass is 241 g/mol. The number of nitrogens with one attached hydrogen (secondary N) is 1. The average molecular weight is 241 g/mol. The van der Waals surface area contributed by atoms with E-state index in [2.05, 4.69) is 19.2 Å². The molecule has 0 aromatic rings. The van der Waals surface area contributed by atoms with Crippen molar-refractivity contribution in [2.75, 3.05) is 26.4 Å². The minimum Gasteiger partial charge on any atom is -0.386 e. The summed E-state index contributed by atoms with van der Waals surface area (Å²) in [5.74, 6) is 0.635. The summed E-state index contributed by atoms with van der Waals surface area (Å²) in [6, 6.07) is 0.472. The van der Waals surface area contributed by atoms with Gasteiger partial charge in [-0.3, -0.25) is 0 Å². The van der Waals surface area contributed by atoms with E-state index in [1.807, 2.05) is 0 Å². The molecule has 0 spiro atoms. The van der Waals surface area contributed by atoms with Gasteiger partial charge in [-0.05, 0) is 6.42 Å². The Kier molecular flexibility index (Phi) is 2.74. The molecule has 0 aromatic heterocycles. The molecule has 17 heavy (non-hydrogen) atoms. The fraction of sp³-hybridized carbons (Fsp3) is 1.00. The van der Waals surface area contributed by atoms with E-state index in [9.17, 15) is 5.11 Å². The molecule has 0 bridgehead atoms. The zero-order chi connectivity index (χ0) is 12.1. The van der Waals surface area contributed by atoms with Gasteiger partial charge in [0.05, 0.1) is 12.7 Å². The Morgan fingerprint density at radius 1 is 1.35 bits per heavy atom. The van der Waals surface area contributed by atoms with Crippen LogP contribution in [0.1, 0.15) is 26.7 Å². The largest absolute Gasteiger partial charge is 0.386 e. The average Bonchev–Trinajstić information content (AvgIpc) is 2.86. The van der Waals surface area contributed by atoms with Crippen molar-refractivity contribution in [2.45, 2.75) is 44.4 Å². The van der Waals surface area contributed by atoms with Crippen molar-refractivity contribution in [1.29, 1.82) is 0 Å². The molecule has 4 heteroatoms. The first kappa shape index (κ1) is 11.9. The second kappa shape index (κ2) is 3.92. The standard InChI is InChI=1S/C13H23NO3/c1-12(2)10(9-3-5-17-11(9)12)14-7-13(15)4-6-16-8-13/h9-11,14-15H,3-8H2,1-2H3. The van der Waals surface area contributed by atoms with Gasteiger partial charge in [-0.25, -0.2) is 0 Å². The SMILES string of the molecule is CC1(C)C(NCC2(O)CCOC2)C2CCOC21. The van der Waals surface area contributed by atoms with Gasteiger partial charge in [-0.1, -0.05) is 13.8 Å². The summed E-state index contributed by atoms with van der Waals surface area (Å²) < 4.78 is 11.0. The summed E-state index contributed by atoms with van der Waals surface area (Å²) in [6.07, 6.45) is 2.31. The van der Waals surface area contributed by atoms with Crippen LogP contribution in [-0.4, -0.2) is 49.2 Å². The highest BCUT2D eigenvalue weighted by Crippen LogP contribution is 2.52. The molecule has 2 heterocycles. The first-order valence-electron chi connectivity index (χ1n) is 6.68. The highest BCUT2D eigenvalue weighted by Gasteiger charge is 2.59. The molecule has 2 saturated heterocycles. The predicted octanol–water partition coefficient (Wildman–Crippen LogP) is 0.541. The molecule has 0 amide bonds. The first-order chi connectivity index (χ1) is 8.03. The molecule has 4 nitrogen and oxygen atoms in total. The predicted molar refractivity (Wildman–Crippen MR) is 63.8 cm³/mol. The van der Waals surface area contributed by atoms with Crippen LogP contribution in [0.2, 0.25) is 0 Å². The van der Waals surface area contributed by atoms with Gasteiger partial charge in [0.1, 0.15) is 5.60 Å². The molecule has 3 aliphatic rings. The van der Waals surface area contributed by atoms with Gasteiger partial charge in [0.15, 0.2) is 0 Å². The Balaban J connectivity index is 1.58. The molecular weight excluding hydrogens is 218 g/mol. The molecular formula is C13H23NO3. The summed E-state index contributed by atoms with van der Waals surface area (Å²) in [5.41, 5.74) is -0.461. The van der Waals surface area contributed by atoms with Gasteiger partial charge in [0.2, 0.25) is 0 Å². The molecule has 3 fully saturated rings. The summed E-state index contributed by atoms with van der Waals surface area (Å²) in [5, 5.41) is 13.8. The molecule has 4 atom stereocenters. The number of hydrogen-bond donors (Lipinski definition) is 2. The van der Waals surface area contributed by atoms with Crippen molar-refractivity contribution >= 4 is 0 Å². The Hall–Kier alpha value is -0.160. The lowest BCUT2D eigenvalue weighted by Gasteiger charge is -2.55. The summed E-state index contributed by atoms with van der Waals surface area (Å²) in [4.78, 5) is 0. The van der Waals surface area contributed by atoms with Gasteiger partial charge in [-0.15, -0.1) is 0 Å². The van der Waals surface area contributed by atoms with Crippen LogP contribution in [0, 0.1) is 11.3 Å². The maximum absolute atomic E-state index is 10.3. The van der Waals surface area contributed by atoms with Crippen molar-refractivity contribution < 1.29 is 14.6 Å². The minimum atomic E-state index is -0.652. The van der Waals surface area contributed by atoms with E-state index in [1.165, 1.54) is 0 Å². The van der Waals surface area contributed by atoms with Crippen LogP contribution in [0.3, 0.4) is 0 Å². The number of fused-ring (bicyclic) bond motifs is 1. The molecule has 0 radical (unpaired) electrons. The fourth-order valence-electron chi connectivity index (χ4n) is 3.77. The van der Waals surface area contributed by atoms with Gasteiger partial charge in [0.25, 0.3) is 0 Å². The van der Waals surface area contributed by atoms with Crippen LogP contribution in [0.25, 0.3) is 0 Å². The molecule has 3 rings (SSSR count). The van der Waals surface area contributed by atoms with Gasteiger partial charge in [0, 0.05) is 43.6 Å². The third-order valence-electron chi connectivity index (χ3n) is 4.83. The highest BCUT2D eigenvalue weighted by molar-refractivity contribution is 5.11. The fourth-order valence-corrected chi connectivity index (χ4v) is 3.77. The minimum absolute atomic E-state index is 0.191. The van der Waals surface area contributed by atoms with Crippen LogP contribution in [0.4, 0.5) is 0 Å². The zero-order valence-electron chi connectivity index (χ0n) is 10.7. The van der Waals surface area contributed by atoms with E-state index >= 15 is 0 Å². The molecule has 2 N–H and O–H groups in total. The van der Waals surface area contributed by atoms with E-state index in [4.69, 9.17) is 9.47 Å². The van der Waals surface area contributed by atoms with Crippen LogP contribution >= 0.6 is 0 Å². The maximum Gasteiger partial charge on any atom is 0.102 e. The third kappa shape index (κ3) is 1.82. The maximum atomic E-state index is 10.3. The second-order valence-corrected chi connectivity index (χ2v) is 6.45. The van der Waals surface area contributed by atoms with E-state index < -0.39 is 5.60 Å². The van der Waals surface area contributed by atoms with E-state index in [0.717, 1.165) is 19.4 Å². The van der Waals surface area contributed by atoms with Crippen LogP contribution in [-0.2, 0) is 9.47 Å². The lowest BCUT2D eigenvalue weighted by Crippen LogP contribution is -2.67. The van der Waals surface area contributed by atoms with E-state index in [0.29, 0.717) is 37.8 Å². The van der Waals surface area contributed by atoms with Crippen LogP contribution in [0.5, 0.6) is 0 Å². The third-order valence-corrected chi connectivity index (χ3v) is 4.83. The van der Waals surface area contributed by atoms with Crippen molar-refractivity contribution in [3.8, 4) is 0 Å². The van der Waals surface area contributed by atoms with E-state index in [1.54, 1.807) is 0 Å².